The van der Waals surface area contributed by atoms with Gasteiger partial charge in [-0.3, -0.25) is 9.97 Å². The SMILES string of the molecule is Cc1cc([C@@H]2[C@@H](c3ccccn3)NC(=S)N2c2cc(Cl)ccc2O)c(C)n1Cc1ccncc1. The maximum atomic E-state index is 10.7. The molecule has 1 aromatic carbocycles. The standard InChI is InChI=1S/C26H24ClN5OS/c1-16-13-20(17(2)31(16)15-18-8-11-28-12-9-18)25-24(21-5-3-4-10-29-21)30-26(34)32(25)22-14-19(27)6-7-23(22)33/h3-14,24-25,33H,15H2,1-2H3,(H,30,34)/t24-,25-/m1/s1. The van der Waals surface area contributed by atoms with Crippen LogP contribution in [0, 0.1) is 13.8 Å². The highest BCUT2D eigenvalue weighted by atomic mass is 35.5. The van der Waals surface area contributed by atoms with E-state index in [1.165, 1.54) is 5.56 Å². The van der Waals surface area contributed by atoms with E-state index in [1.54, 1.807) is 24.4 Å². The molecule has 0 amide bonds. The molecule has 2 atom stereocenters. The Bertz CT molecular complexity index is 1340. The number of aryl methyl sites for hydroxylation is 1. The van der Waals surface area contributed by atoms with Gasteiger partial charge in [0.2, 0.25) is 0 Å². The van der Waals surface area contributed by atoms with Crippen LogP contribution in [0.2, 0.25) is 5.02 Å². The second-order valence-corrected chi connectivity index (χ2v) is 9.22. The second kappa shape index (κ2) is 9.08. The van der Waals surface area contributed by atoms with Crippen molar-refractivity contribution >= 4 is 34.6 Å². The molecule has 0 unspecified atom stereocenters. The maximum Gasteiger partial charge on any atom is 0.174 e. The summed E-state index contributed by atoms with van der Waals surface area (Å²) in [6.45, 7) is 4.97. The minimum Gasteiger partial charge on any atom is -0.506 e. The highest BCUT2D eigenvalue weighted by molar-refractivity contribution is 7.80. The lowest BCUT2D eigenvalue weighted by Crippen LogP contribution is -2.29. The van der Waals surface area contributed by atoms with Crippen molar-refractivity contribution in [2.75, 3.05) is 4.90 Å². The van der Waals surface area contributed by atoms with Crippen molar-refractivity contribution in [2.24, 2.45) is 0 Å². The average molecular weight is 490 g/mol. The number of phenolic OH excluding ortho intramolecular Hbond substituents is 1. The molecule has 1 fully saturated rings. The lowest BCUT2D eigenvalue weighted by molar-refractivity contribution is 0.472. The van der Waals surface area contributed by atoms with Crippen LogP contribution in [0.4, 0.5) is 5.69 Å². The molecule has 34 heavy (non-hydrogen) atoms. The van der Waals surface area contributed by atoms with E-state index in [1.807, 2.05) is 47.6 Å². The quantitative estimate of drug-likeness (QED) is 0.362. The first-order valence-electron chi connectivity index (χ1n) is 11.0. The molecule has 1 aliphatic rings. The lowest BCUT2D eigenvalue weighted by atomic mass is 9.96. The van der Waals surface area contributed by atoms with Gasteiger partial charge in [0.05, 0.1) is 23.5 Å². The molecule has 172 valence electrons. The monoisotopic (exact) mass is 489 g/mol. The Morgan fingerprint density at radius 1 is 1.06 bits per heavy atom. The molecule has 6 nitrogen and oxygen atoms in total. The van der Waals surface area contributed by atoms with E-state index in [0.717, 1.165) is 29.2 Å². The first-order chi connectivity index (χ1) is 16.4. The summed E-state index contributed by atoms with van der Waals surface area (Å²) < 4.78 is 2.29. The van der Waals surface area contributed by atoms with Crippen LogP contribution in [-0.4, -0.2) is 24.8 Å². The fourth-order valence-corrected chi connectivity index (χ4v) is 5.17. The van der Waals surface area contributed by atoms with Gasteiger partial charge in [-0.1, -0.05) is 17.7 Å². The highest BCUT2D eigenvalue weighted by Gasteiger charge is 2.43. The highest BCUT2D eigenvalue weighted by Crippen LogP contribution is 2.46. The fraction of sp³-hybridized carbons (Fsp3) is 0.192. The van der Waals surface area contributed by atoms with Gasteiger partial charge in [0.15, 0.2) is 5.11 Å². The third-order valence-electron chi connectivity index (χ3n) is 6.32. The van der Waals surface area contributed by atoms with E-state index in [2.05, 4.69) is 39.8 Å². The number of aromatic nitrogens is 3. The molecular formula is C26H24ClN5OS. The zero-order valence-electron chi connectivity index (χ0n) is 18.8. The van der Waals surface area contributed by atoms with Gasteiger partial charge in [0, 0.05) is 41.5 Å². The van der Waals surface area contributed by atoms with Crippen molar-refractivity contribution in [3.05, 3.63) is 106 Å². The minimum absolute atomic E-state index is 0.116. The van der Waals surface area contributed by atoms with Crippen LogP contribution in [0.25, 0.3) is 0 Å². The molecular weight excluding hydrogens is 466 g/mol. The predicted octanol–water partition coefficient (Wildman–Crippen LogP) is 5.48. The number of pyridine rings is 2. The molecule has 4 heterocycles. The Hall–Kier alpha value is -3.42. The summed E-state index contributed by atoms with van der Waals surface area (Å²) in [4.78, 5) is 10.7. The smallest absolute Gasteiger partial charge is 0.174 e. The third-order valence-corrected chi connectivity index (χ3v) is 6.87. The van der Waals surface area contributed by atoms with E-state index < -0.39 is 0 Å². The minimum atomic E-state index is -0.232. The first-order valence-corrected chi connectivity index (χ1v) is 11.8. The van der Waals surface area contributed by atoms with Gasteiger partial charge in [0.25, 0.3) is 0 Å². The van der Waals surface area contributed by atoms with Gasteiger partial charge >= 0.3 is 0 Å². The maximum absolute atomic E-state index is 10.7. The van der Waals surface area contributed by atoms with Crippen LogP contribution in [0.5, 0.6) is 5.75 Å². The summed E-state index contributed by atoms with van der Waals surface area (Å²) in [6, 6.07) is 16.7. The number of hydrogen-bond acceptors (Lipinski definition) is 4. The number of thiocarbonyl (C=S) groups is 1. The Kier molecular flexibility index (Phi) is 5.98. The zero-order chi connectivity index (χ0) is 23.8. The van der Waals surface area contributed by atoms with Gasteiger partial charge < -0.3 is 19.9 Å². The number of anilines is 1. The van der Waals surface area contributed by atoms with Crippen LogP contribution in [0.15, 0.2) is 73.2 Å². The number of halogens is 1. The Morgan fingerprint density at radius 3 is 2.59 bits per heavy atom. The molecule has 2 N–H and O–H groups in total. The lowest BCUT2D eigenvalue weighted by Gasteiger charge is -2.28. The largest absolute Gasteiger partial charge is 0.506 e. The van der Waals surface area contributed by atoms with Gasteiger partial charge in [-0.25, -0.2) is 0 Å². The van der Waals surface area contributed by atoms with E-state index in [-0.39, 0.29) is 17.8 Å². The number of hydrogen-bond donors (Lipinski definition) is 2. The summed E-state index contributed by atoms with van der Waals surface area (Å²) in [7, 11) is 0. The molecule has 8 heteroatoms. The Labute approximate surface area is 208 Å². The summed E-state index contributed by atoms with van der Waals surface area (Å²) >= 11 is 12.1. The number of nitrogens with one attached hydrogen (secondary N) is 1. The molecule has 5 rings (SSSR count). The van der Waals surface area contributed by atoms with Crippen molar-refractivity contribution in [3.8, 4) is 5.75 Å². The van der Waals surface area contributed by atoms with E-state index in [4.69, 9.17) is 23.8 Å². The van der Waals surface area contributed by atoms with Crippen molar-refractivity contribution < 1.29 is 5.11 Å². The summed E-state index contributed by atoms with van der Waals surface area (Å²) in [5, 5.41) is 15.2. The Balaban J connectivity index is 1.65. The molecule has 0 spiro atoms. The van der Waals surface area contributed by atoms with Crippen LogP contribution < -0.4 is 10.2 Å². The predicted molar refractivity (Wildman–Crippen MR) is 138 cm³/mol. The second-order valence-electron chi connectivity index (χ2n) is 8.40. The molecule has 1 saturated heterocycles. The number of aromatic hydroxyl groups is 1. The summed E-state index contributed by atoms with van der Waals surface area (Å²) in [5.74, 6) is 0.116. The average Bonchev–Trinajstić information content (AvgIpc) is 3.32. The molecule has 1 aliphatic heterocycles. The van der Waals surface area contributed by atoms with Gasteiger partial charge in [-0.2, -0.15) is 0 Å². The number of nitrogens with zero attached hydrogens (tertiary/aromatic N) is 4. The third kappa shape index (κ3) is 4.02. The molecule has 0 bridgehead atoms. The normalized spacial score (nSPS) is 17.7. The van der Waals surface area contributed by atoms with E-state index in [0.29, 0.717) is 15.8 Å². The van der Waals surface area contributed by atoms with Crippen molar-refractivity contribution in [3.63, 3.8) is 0 Å². The number of rotatable bonds is 5. The van der Waals surface area contributed by atoms with Crippen molar-refractivity contribution in [2.45, 2.75) is 32.5 Å². The van der Waals surface area contributed by atoms with Crippen LogP contribution in [0.1, 0.15) is 40.3 Å². The molecule has 4 aromatic rings. The zero-order valence-corrected chi connectivity index (χ0v) is 20.4. The van der Waals surface area contributed by atoms with Crippen LogP contribution >= 0.6 is 23.8 Å². The topological polar surface area (TPSA) is 66.2 Å². The van der Waals surface area contributed by atoms with Gasteiger partial charge in [-0.15, -0.1) is 0 Å². The van der Waals surface area contributed by atoms with E-state index >= 15 is 0 Å². The number of phenols is 1. The molecule has 3 aromatic heterocycles. The van der Waals surface area contributed by atoms with E-state index in [9.17, 15) is 5.11 Å². The number of benzene rings is 1. The van der Waals surface area contributed by atoms with Crippen molar-refractivity contribution in [1.29, 1.82) is 0 Å². The first kappa shape index (κ1) is 22.4. The van der Waals surface area contributed by atoms with Crippen molar-refractivity contribution in [1.82, 2.24) is 19.9 Å². The fourth-order valence-electron chi connectivity index (χ4n) is 4.66. The molecule has 0 radical (unpaired) electrons. The van der Waals surface area contributed by atoms with Gasteiger partial charge in [-0.05, 0) is 85.7 Å². The Morgan fingerprint density at radius 2 is 1.85 bits per heavy atom. The molecule has 0 saturated carbocycles. The molecule has 0 aliphatic carbocycles. The summed E-state index contributed by atoms with van der Waals surface area (Å²) in [6.07, 6.45) is 5.40. The summed E-state index contributed by atoms with van der Waals surface area (Å²) in [5.41, 5.74) is 5.98. The van der Waals surface area contributed by atoms with Gasteiger partial charge in [0.1, 0.15) is 5.75 Å². The van der Waals surface area contributed by atoms with Crippen LogP contribution in [0.3, 0.4) is 0 Å². The van der Waals surface area contributed by atoms with Crippen LogP contribution in [-0.2, 0) is 6.54 Å².